The fourth-order valence-electron chi connectivity index (χ4n) is 3.05. The highest BCUT2D eigenvalue weighted by Crippen LogP contribution is 2.13. The van der Waals surface area contributed by atoms with E-state index in [-0.39, 0.29) is 17.4 Å². The van der Waals surface area contributed by atoms with E-state index in [1.165, 1.54) is 12.1 Å². The third kappa shape index (κ3) is 5.60. The molecule has 2 unspecified atom stereocenters. The van der Waals surface area contributed by atoms with Gasteiger partial charge in [-0.25, -0.2) is 12.8 Å². The Morgan fingerprint density at radius 2 is 1.86 bits per heavy atom. The molecule has 1 saturated heterocycles. The standard InChI is InChI=1S/C20H23FN2O4S/c21-16-8-10-18(11-9-16)28(25,26)23-19(13-15-5-2-1-3-6-15)20(24)22-14-17-7-4-12-27-17/h1-3,5-6,8-11,17,19,23H,4,7,12-14H2,(H,22,24). The first kappa shape index (κ1) is 20.4. The van der Waals surface area contributed by atoms with Gasteiger partial charge in [0.1, 0.15) is 11.9 Å². The number of sulfonamides is 1. The highest BCUT2D eigenvalue weighted by molar-refractivity contribution is 7.89. The van der Waals surface area contributed by atoms with Gasteiger partial charge < -0.3 is 10.1 Å². The zero-order valence-corrected chi connectivity index (χ0v) is 16.1. The minimum atomic E-state index is -3.99. The summed E-state index contributed by atoms with van der Waals surface area (Å²) in [6, 6.07) is 12.6. The SMILES string of the molecule is O=C(NCC1CCCO1)C(Cc1ccccc1)NS(=O)(=O)c1ccc(F)cc1. The molecule has 2 atom stereocenters. The molecule has 8 heteroatoms. The van der Waals surface area contributed by atoms with E-state index < -0.39 is 27.8 Å². The summed E-state index contributed by atoms with van der Waals surface area (Å²) in [6.45, 7) is 1.01. The Morgan fingerprint density at radius 1 is 1.14 bits per heavy atom. The minimum absolute atomic E-state index is 0.0463. The van der Waals surface area contributed by atoms with E-state index in [1.54, 1.807) is 0 Å². The van der Waals surface area contributed by atoms with Crippen molar-refractivity contribution in [2.75, 3.05) is 13.2 Å². The number of benzene rings is 2. The Balaban J connectivity index is 1.74. The Labute approximate surface area is 164 Å². The number of carbonyl (C=O) groups is 1. The maximum atomic E-state index is 13.1. The molecule has 1 fully saturated rings. The molecule has 1 amide bonds. The predicted octanol–water partition coefficient (Wildman–Crippen LogP) is 2.01. The molecular formula is C20H23FN2O4S. The Morgan fingerprint density at radius 3 is 2.50 bits per heavy atom. The van der Waals surface area contributed by atoms with Crippen molar-refractivity contribution < 1.29 is 22.3 Å². The van der Waals surface area contributed by atoms with Gasteiger partial charge in [-0.3, -0.25) is 4.79 Å². The van der Waals surface area contributed by atoms with Crippen molar-refractivity contribution in [1.29, 1.82) is 0 Å². The van der Waals surface area contributed by atoms with Gasteiger partial charge in [0.05, 0.1) is 11.0 Å². The number of hydrogen-bond acceptors (Lipinski definition) is 4. The summed E-state index contributed by atoms with van der Waals surface area (Å²) in [5.41, 5.74) is 0.821. The number of halogens is 1. The third-order valence-corrected chi connectivity index (χ3v) is 6.04. The van der Waals surface area contributed by atoms with Crippen LogP contribution in [0.1, 0.15) is 18.4 Å². The van der Waals surface area contributed by atoms with Crippen LogP contribution in [0.3, 0.4) is 0 Å². The molecule has 0 aromatic heterocycles. The van der Waals surface area contributed by atoms with Gasteiger partial charge in [-0.05, 0) is 49.1 Å². The van der Waals surface area contributed by atoms with E-state index in [2.05, 4.69) is 10.0 Å². The van der Waals surface area contributed by atoms with E-state index in [0.717, 1.165) is 30.5 Å². The van der Waals surface area contributed by atoms with Crippen molar-refractivity contribution in [1.82, 2.24) is 10.0 Å². The lowest BCUT2D eigenvalue weighted by atomic mass is 10.1. The summed E-state index contributed by atoms with van der Waals surface area (Å²) in [7, 11) is -3.99. The maximum Gasteiger partial charge on any atom is 0.241 e. The monoisotopic (exact) mass is 406 g/mol. The van der Waals surface area contributed by atoms with Gasteiger partial charge in [0.15, 0.2) is 0 Å². The molecule has 0 aliphatic carbocycles. The zero-order valence-electron chi connectivity index (χ0n) is 15.3. The van der Waals surface area contributed by atoms with Crippen LogP contribution in [-0.2, 0) is 26.0 Å². The fourth-order valence-corrected chi connectivity index (χ4v) is 4.25. The number of ether oxygens (including phenoxy) is 1. The average molecular weight is 406 g/mol. The van der Waals surface area contributed by atoms with Crippen molar-refractivity contribution in [2.24, 2.45) is 0 Å². The van der Waals surface area contributed by atoms with E-state index in [4.69, 9.17) is 4.74 Å². The molecule has 28 heavy (non-hydrogen) atoms. The van der Waals surface area contributed by atoms with Gasteiger partial charge in [0.25, 0.3) is 0 Å². The van der Waals surface area contributed by atoms with Gasteiger partial charge in [-0.2, -0.15) is 4.72 Å². The lowest BCUT2D eigenvalue weighted by Crippen LogP contribution is -2.49. The van der Waals surface area contributed by atoms with Gasteiger partial charge in [0, 0.05) is 13.2 Å². The second-order valence-corrected chi connectivity index (χ2v) is 8.41. The first-order chi connectivity index (χ1) is 13.4. The second kappa shape index (κ2) is 9.27. The molecule has 0 spiro atoms. The van der Waals surface area contributed by atoms with Crippen LogP contribution >= 0.6 is 0 Å². The normalized spacial score (nSPS) is 18.0. The first-order valence-electron chi connectivity index (χ1n) is 9.15. The third-order valence-electron chi connectivity index (χ3n) is 4.55. The van der Waals surface area contributed by atoms with Crippen molar-refractivity contribution >= 4 is 15.9 Å². The van der Waals surface area contributed by atoms with E-state index in [9.17, 15) is 17.6 Å². The predicted molar refractivity (Wildman–Crippen MR) is 103 cm³/mol. The highest BCUT2D eigenvalue weighted by Gasteiger charge is 2.27. The largest absolute Gasteiger partial charge is 0.376 e. The van der Waals surface area contributed by atoms with Crippen LogP contribution in [0.4, 0.5) is 4.39 Å². The number of carbonyl (C=O) groups excluding carboxylic acids is 1. The summed E-state index contributed by atoms with van der Waals surface area (Å²) in [6.07, 6.45) is 1.96. The zero-order chi connectivity index (χ0) is 20.0. The Kier molecular flexibility index (Phi) is 6.77. The van der Waals surface area contributed by atoms with Crippen molar-refractivity contribution in [3.8, 4) is 0 Å². The molecule has 2 aromatic rings. The van der Waals surface area contributed by atoms with Crippen LogP contribution in [0.5, 0.6) is 0 Å². The lowest BCUT2D eigenvalue weighted by Gasteiger charge is -2.20. The lowest BCUT2D eigenvalue weighted by molar-refractivity contribution is -0.123. The molecule has 0 saturated carbocycles. The summed E-state index contributed by atoms with van der Waals surface area (Å²) >= 11 is 0. The molecule has 1 aliphatic heterocycles. The van der Waals surface area contributed by atoms with Crippen LogP contribution in [0, 0.1) is 5.82 Å². The molecule has 2 aromatic carbocycles. The van der Waals surface area contributed by atoms with Crippen molar-refractivity contribution in [2.45, 2.75) is 36.3 Å². The number of rotatable bonds is 8. The van der Waals surface area contributed by atoms with Crippen molar-refractivity contribution in [3.05, 3.63) is 66.0 Å². The van der Waals surface area contributed by atoms with Gasteiger partial charge >= 0.3 is 0 Å². The quantitative estimate of drug-likeness (QED) is 0.702. The summed E-state index contributed by atoms with van der Waals surface area (Å²) < 4.78 is 46.4. The van der Waals surface area contributed by atoms with Crippen LogP contribution in [0.15, 0.2) is 59.5 Å². The maximum absolute atomic E-state index is 13.1. The van der Waals surface area contributed by atoms with Crippen LogP contribution < -0.4 is 10.0 Å². The molecule has 150 valence electrons. The summed E-state index contributed by atoms with van der Waals surface area (Å²) in [4.78, 5) is 12.6. The molecule has 1 aliphatic rings. The van der Waals surface area contributed by atoms with E-state index in [0.29, 0.717) is 13.2 Å². The number of nitrogens with one attached hydrogen (secondary N) is 2. The molecule has 1 heterocycles. The van der Waals surface area contributed by atoms with E-state index >= 15 is 0 Å². The van der Waals surface area contributed by atoms with Crippen LogP contribution in [0.2, 0.25) is 0 Å². The summed E-state index contributed by atoms with van der Waals surface area (Å²) in [5, 5.41) is 2.78. The molecule has 3 rings (SSSR count). The van der Waals surface area contributed by atoms with E-state index in [1.807, 2.05) is 30.3 Å². The van der Waals surface area contributed by atoms with Gasteiger partial charge in [0.2, 0.25) is 15.9 Å². The molecule has 0 radical (unpaired) electrons. The number of hydrogen-bond donors (Lipinski definition) is 2. The highest BCUT2D eigenvalue weighted by atomic mass is 32.2. The van der Waals surface area contributed by atoms with Gasteiger partial charge in [-0.1, -0.05) is 30.3 Å². The first-order valence-corrected chi connectivity index (χ1v) is 10.6. The van der Waals surface area contributed by atoms with Crippen molar-refractivity contribution in [3.63, 3.8) is 0 Å². The van der Waals surface area contributed by atoms with Crippen LogP contribution in [0.25, 0.3) is 0 Å². The molecule has 2 N–H and O–H groups in total. The molecular weight excluding hydrogens is 383 g/mol. The second-order valence-electron chi connectivity index (χ2n) is 6.70. The Hall–Kier alpha value is -2.29. The number of amides is 1. The molecule has 6 nitrogen and oxygen atoms in total. The summed E-state index contributed by atoms with van der Waals surface area (Å²) in [5.74, 6) is -0.959. The smallest absolute Gasteiger partial charge is 0.241 e. The van der Waals surface area contributed by atoms with Gasteiger partial charge in [-0.15, -0.1) is 0 Å². The average Bonchev–Trinajstić information content (AvgIpc) is 3.20. The minimum Gasteiger partial charge on any atom is -0.376 e. The molecule has 0 bridgehead atoms. The Bertz CT molecular complexity index is 882. The fraction of sp³-hybridized carbons (Fsp3) is 0.350. The van der Waals surface area contributed by atoms with Crippen LogP contribution in [-0.4, -0.2) is 39.6 Å². The topological polar surface area (TPSA) is 84.5 Å².